The van der Waals surface area contributed by atoms with Crippen LogP contribution in [0.1, 0.15) is 52.0 Å². The van der Waals surface area contributed by atoms with Crippen molar-refractivity contribution in [2.24, 2.45) is 0 Å². The summed E-state index contributed by atoms with van der Waals surface area (Å²) in [5.74, 6) is 0. The molecule has 0 unspecified atom stereocenters. The summed E-state index contributed by atoms with van der Waals surface area (Å²) in [5, 5.41) is 2.21. The molecule has 0 atom stereocenters. The van der Waals surface area contributed by atoms with Gasteiger partial charge in [0, 0.05) is 4.88 Å². The van der Waals surface area contributed by atoms with Gasteiger partial charge >= 0.3 is 0 Å². The van der Waals surface area contributed by atoms with Crippen molar-refractivity contribution in [1.29, 1.82) is 0 Å². The van der Waals surface area contributed by atoms with Crippen LogP contribution in [0, 0.1) is 0 Å². The van der Waals surface area contributed by atoms with Crippen LogP contribution < -0.4 is 0 Å². The van der Waals surface area contributed by atoms with Crippen LogP contribution in [0.2, 0.25) is 0 Å². The first-order valence-corrected chi connectivity index (χ1v) is 7.69. The van der Waals surface area contributed by atoms with Gasteiger partial charge in [-0.1, -0.05) is 77.9 Å². The van der Waals surface area contributed by atoms with Gasteiger partial charge in [-0.2, -0.15) is 0 Å². The third kappa shape index (κ3) is 5.20. The summed E-state index contributed by atoms with van der Waals surface area (Å²) in [4.78, 5) is 1.53. The van der Waals surface area contributed by atoms with Gasteiger partial charge in [0.05, 0.1) is 0 Å². The van der Waals surface area contributed by atoms with Gasteiger partial charge in [0.25, 0.3) is 0 Å². The molecule has 2 aromatic rings. The smallest absolute Gasteiger partial charge is 0.0136 e. The SMILES string of the molecule is CC(C)(C)c1ccsc1C(C)(C)C.c1ccccc1. The summed E-state index contributed by atoms with van der Waals surface area (Å²) >= 11 is 1.88. The highest BCUT2D eigenvalue weighted by molar-refractivity contribution is 7.10. The van der Waals surface area contributed by atoms with E-state index in [1.807, 2.05) is 47.7 Å². The number of hydrogen-bond donors (Lipinski definition) is 0. The normalized spacial score (nSPS) is 11.7. The molecule has 0 fully saturated rings. The molecule has 0 spiro atoms. The molecule has 1 aromatic heterocycles. The summed E-state index contributed by atoms with van der Waals surface area (Å²) < 4.78 is 0. The standard InChI is InChI=1S/C12H20S.C6H6/c1-11(2,3)9-7-8-13-10(9)12(4,5)6;1-2-4-6-5-3-1/h7-8H,1-6H3;1-6H. The fourth-order valence-electron chi connectivity index (χ4n) is 1.87. The molecule has 0 aliphatic heterocycles. The molecule has 1 heteroatoms. The maximum atomic E-state index is 2.29. The van der Waals surface area contributed by atoms with Gasteiger partial charge in [0.2, 0.25) is 0 Å². The van der Waals surface area contributed by atoms with E-state index < -0.39 is 0 Å². The van der Waals surface area contributed by atoms with E-state index in [1.54, 1.807) is 0 Å². The molecule has 0 amide bonds. The van der Waals surface area contributed by atoms with E-state index in [2.05, 4.69) is 53.0 Å². The van der Waals surface area contributed by atoms with Crippen LogP contribution in [0.4, 0.5) is 0 Å². The molecule has 0 saturated carbocycles. The highest BCUT2D eigenvalue weighted by Gasteiger charge is 2.25. The topological polar surface area (TPSA) is 0 Å². The number of hydrogen-bond acceptors (Lipinski definition) is 1. The van der Waals surface area contributed by atoms with E-state index in [0.29, 0.717) is 0 Å². The summed E-state index contributed by atoms with van der Waals surface area (Å²) in [6.07, 6.45) is 0. The van der Waals surface area contributed by atoms with Gasteiger partial charge < -0.3 is 0 Å². The predicted molar refractivity (Wildman–Crippen MR) is 88.2 cm³/mol. The Morgan fingerprint density at radius 1 is 0.684 bits per heavy atom. The van der Waals surface area contributed by atoms with E-state index in [4.69, 9.17) is 0 Å². The number of benzene rings is 1. The van der Waals surface area contributed by atoms with Crippen LogP contribution in [0.5, 0.6) is 0 Å². The summed E-state index contributed by atoms with van der Waals surface area (Å²) in [5.41, 5.74) is 2.07. The van der Waals surface area contributed by atoms with Crippen molar-refractivity contribution in [3.05, 3.63) is 58.3 Å². The minimum absolute atomic E-state index is 0.280. The zero-order valence-electron chi connectivity index (χ0n) is 13.0. The highest BCUT2D eigenvalue weighted by atomic mass is 32.1. The largest absolute Gasteiger partial charge is 0.148 e. The first-order chi connectivity index (χ1) is 8.73. The van der Waals surface area contributed by atoms with Gasteiger partial charge in [-0.05, 0) is 27.8 Å². The van der Waals surface area contributed by atoms with E-state index in [0.717, 1.165) is 0 Å². The van der Waals surface area contributed by atoms with Crippen LogP contribution in [-0.2, 0) is 10.8 Å². The van der Waals surface area contributed by atoms with Crippen molar-refractivity contribution in [1.82, 2.24) is 0 Å². The van der Waals surface area contributed by atoms with Crippen molar-refractivity contribution in [3.8, 4) is 0 Å². The molecule has 0 nitrogen and oxygen atoms in total. The first kappa shape index (κ1) is 16.0. The lowest BCUT2D eigenvalue weighted by atomic mass is 9.81. The second kappa shape index (κ2) is 6.38. The van der Waals surface area contributed by atoms with Gasteiger partial charge in [0.1, 0.15) is 0 Å². The lowest BCUT2D eigenvalue weighted by Crippen LogP contribution is -2.19. The third-order valence-corrected chi connectivity index (χ3v) is 4.16. The van der Waals surface area contributed by atoms with E-state index in [1.165, 1.54) is 10.4 Å². The molecule has 104 valence electrons. The molecule has 0 bridgehead atoms. The van der Waals surface area contributed by atoms with Gasteiger partial charge in [0.15, 0.2) is 0 Å². The second-order valence-electron chi connectivity index (χ2n) is 6.82. The molecule has 2 rings (SSSR count). The minimum atomic E-state index is 0.280. The maximum absolute atomic E-state index is 2.29. The molecule has 1 aromatic carbocycles. The van der Waals surface area contributed by atoms with Gasteiger partial charge in [-0.3, -0.25) is 0 Å². The monoisotopic (exact) mass is 274 g/mol. The highest BCUT2D eigenvalue weighted by Crippen LogP contribution is 2.37. The van der Waals surface area contributed by atoms with Crippen LogP contribution in [0.25, 0.3) is 0 Å². The average Bonchev–Trinajstić information content (AvgIpc) is 2.80. The molecular weight excluding hydrogens is 248 g/mol. The molecular formula is C18H26S. The van der Waals surface area contributed by atoms with Crippen molar-refractivity contribution in [3.63, 3.8) is 0 Å². The molecule has 1 heterocycles. The lowest BCUT2D eigenvalue weighted by molar-refractivity contribution is 0.542. The molecule has 0 N–H and O–H groups in total. The zero-order chi connectivity index (χ0) is 14.5. The van der Waals surface area contributed by atoms with E-state index in [-0.39, 0.29) is 10.8 Å². The zero-order valence-corrected chi connectivity index (χ0v) is 13.8. The Labute approximate surface area is 122 Å². The Kier molecular flexibility index (Phi) is 5.37. The van der Waals surface area contributed by atoms with E-state index in [9.17, 15) is 0 Å². The van der Waals surface area contributed by atoms with Crippen molar-refractivity contribution in [2.45, 2.75) is 52.4 Å². The Balaban J connectivity index is 0.000000250. The van der Waals surface area contributed by atoms with Crippen molar-refractivity contribution in [2.75, 3.05) is 0 Å². The van der Waals surface area contributed by atoms with Crippen LogP contribution in [-0.4, -0.2) is 0 Å². The summed E-state index contributed by atoms with van der Waals surface area (Å²) in [6, 6.07) is 14.3. The number of rotatable bonds is 0. The summed E-state index contributed by atoms with van der Waals surface area (Å²) in [7, 11) is 0. The fourth-order valence-corrected chi connectivity index (χ4v) is 3.06. The minimum Gasteiger partial charge on any atom is -0.148 e. The Bertz CT molecular complexity index is 411. The number of thiophene rings is 1. The Morgan fingerprint density at radius 3 is 1.37 bits per heavy atom. The summed E-state index contributed by atoms with van der Waals surface area (Å²) in [6.45, 7) is 13.7. The molecule has 0 aliphatic carbocycles. The van der Waals surface area contributed by atoms with Crippen LogP contribution in [0.3, 0.4) is 0 Å². The predicted octanol–water partition coefficient (Wildman–Crippen LogP) is 6.03. The maximum Gasteiger partial charge on any atom is 0.0136 e. The molecule has 19 heavy (non-hydrogen) atoms. The second-order valence-corrected chi connectivity index (χ2v) is 7.73. The average molecular weight is 274 g/mol. The van der Waals surface area contributed by atoms with Gasteiger partial charge in [-0.15, -0.1) is 11.3 Å². The van der Waals surface area contributed by atoms with Crippen molar-refractivity contribution >= 4 is 11.3 Å². The van der Waals surface area contributed by atoms with Crippen molar-refractivity contribution < 1.29 is 0 Å². The van der Waals surface area contributed by atoms with Crippen LogP contribution >= 0.6 is 11.3 Å². The van der Waals surface area contributed by atoms with Gasteiger partial charge in [-0.25, -0.2) is 0 Å². The first-order valence-electron chi connectivity index (χ1n) is 6.81. The Hall–Kier alpha value is -1.08. The molecule has 0 saturated heterocycles. The molecule has 0 aliphatic rings. The van der Waals surface area contributed by atoms with Crippen LogP contribution in [0.15, 0.2) is 47.8 Å². The lowest BCUT2D eigenvalue weighted by Gasteiger charge is -2.26. The fraction of sp³-hybridized carbons (Fsp3) is 0.444. The third-order valence-electron chi connectivity index (χ3n) is 2.82. The Morgan fingerprint density at radius 2 is 1.11 bits per heavy atom. The quantitative estimate of drug-likeness (QED) is 0.550. The van der Waals surface area contributed by atoms with E-state index >= 15 is 0 Å². The molecule has 0 radical (unpaired) electrons.